The molecule has 2 aliphatic rings. The molecule has 108 heavy (non-hydrogen) atoms. The van der Waals surface area contributed by atoms with Gasteiger partial charge in [-0.1, -0.05) is 287 Å². The van der Waals surface area contributed by atoms with E-state index < -0.39 is 60.5 Å². The molecule has 1 N–H and O–H groups in total. The number of rotatable bonds is 8. The van der Waals surface area contributed by atoms with Crippen LogP contribution in [0.1, 0.15) is 94.1 Å². The highest BCUT2D eigenvalue weighted by Gasteiger charge is 2.47. The molecule has 3 aromatic heterocycles. The fraction of sp³-hybridized carbons (Fsp3) is 0.118. The summed E-state index contributed by atoms with van der Waals surface area (Å²) in [5.74, 6) is 0. The summed E-state index contributed by atoms with van der Waals surface area (Å²) in [5.41, 5.74) is 18.7. The third-order valence-electron chi connectivity index (χ3n) is 22.8. The van der Waals surface area contributed by atoms with Crippen molar-refractivity contribution in [2.75, 3.05) is 10.2 Å². The third-order valence-corrected chi connectivity index (χ3v) is 24.0. The molecule has 0 aliphatic carbocycles. The van der Waals surface area contributed by atoms with Gasteiger partial charge in [-0.2, -0.15) is 0 Å². The van der Waals surface area contributed by atoms with E-state index in [1.807, 2.05) is 36.4 Å². The maximum Gasteiger partial charge on any atom is 0.264 e. The smallest absolute Gasteiger partial charge is 0.264 e. The van der Waals surface area contributed by atoms with Crippen molar-refractivity contribution in [3.05, 3.63) is 326 Å². The van der Waals surface area contributed by atoms with Gasteiger partial charge in [0.25, 0.3) is 6.71 Å². The molecule has 0 fully saturated rings. The molecule has 6 heteroatoms. The summed E-state index contributed by atoms with van der Waals surface area (Å²) < 4.78 is 114. The molecular weight excluding hydrogens is 1320 g/mol. The summed E-state index contributed by atoms with van der Waals surface area (Å²) in [5, 5.41) is 13.6. The van der Waals surface area contributed by atoms with Gasteiger partial charge in [0.2, 0.25) is 0 Å². The average Bonchev–Trinajstić information content (AvgIpc) is 1.68. The average molecular weight is 1410 g/mol. The molecule has 0 saturated carbocycles. The fourth-order valence-electron chi connectivity index (χ4n) is 17.7. The van der Waals surface area contributed by atoms with Gasteiger partial charge in [0.1, 0.15) is 0 Å². The van der Waals surface area contributed by atoms with E-state index in [-0.39, 0.29) is 56.5 Å². The molecule has 516 valence electrons. The van der Waals surface area contributed by atoms with E-state index >= 15 is 0 Å². The molecule has 2 aliphatic heterocycles. The third kappa shape index (κ3) is 9.68. The monoisotopic (exact) mass is 1410 g/mol. The molecule has 0 amide bonds. The number of anilines is 5. The van der Waals surface area contributed by atoms with Crippen molar-refractivity contribution >= 4 is 148 Å². The number of fused-ring (bicyclic) bond motifs is 13. The quantitative estimate of drug-likeness (QED) is 0.121. The Morgan fingerprint density at radius 2 is 0.907 bits per heavy atom. The lowest BCUT2D eigenvalue weighted by Crippen LogP contribution is -2.59. The fourth-order valence-corrected chi connectivity index (χ4v) is 19.1. The first-order valence-electron chi connectivity index (χ1n) is 42.8. The van der Waals surface area contributed by atoms with Crippen LogP contribution in [0.15, 0.2) is 309 Å². The van der Waals surface area contributed by atoms with Gasteiger partial charge in [-0.15, -0.1) is 11.3 Å². The van der Waals surface area contributed by atoms with Gasteiger partial charge in [-0.3, -0.25) is 0 Å². The Balaban J connectivity index is 0.967. The minimum atomic E-state index is -0.902. The molecule has 5 heterocycles. The Hall–Kier alpha value is -12.2. The van der Waals surface area contributed by atoms with Crippen LogP contribution >= 0.6 is 11.3 Å². The first-order chi connectivity index (χ1) is 57.1. The van der Waals surface area contributed by atoms with Crippen molar-refractivity contribution in [2.45, 2.75) is 78.6 Å². The minimum absolute atomic E-state index is 0.00154. The van der Waals surface area contributed by atoms with Crippen LogP contribution in [0, 0.1) is 0 Å². The molecule has 0 saturated heterocycles. The van der Waals surface area contributed by atoms with E-state index in [0.717, 1.165) is 159 Å². The largest absolute Gasteiger partial charge is 0.356 e. The number of hydrogen-bond acceptors (Lipinski definition) is 3. The molecule has 21 rings (SSSR count). The van der Waals surface area contributed by atoms with E-state index in [4.69, 9.17) is 2.74 Å². The zero-order chi connectivity index (χ0) is 82.4. The number of thiophene rings is 1. The number of hydrogen-bond donors (Lipinski definition) is 1. The van der Waals surface area contributed by atoms with Crippen LogP contribution in [0.25, 0.3) is 153 Å². The van der Waals surface area contributed by atoms with Gasteiger partial charge in [-0.25, -0.2) is 0 Å². The number of aromatic nitrogens is 2. The lowest BCUT2D eigenvalue weighted by molar-refractivity contribution is 0.590. The summed E-state index contributed by atoms with van der Waals surface area (Å²) in [6.45, 7) is 19.5. The summed E-state index contributed by atoms with van der Waals surface area (Å²) >= 11 is 1.51. The molecule has 0 radical (unpaired) electrons. The van der Waals surface area contributed by atoms with Crippen molar-refractivity contribution in [1.82, 2.24) is 9.13 Å². The van der Waals surface area contributed by atoms with E-state index in [9.17, 15) is 12.3 Å². The highest BCUT2D eigenvalue weighted by Crippen LogP contribution is 2.58. The van der Waals surface area contributed by atoms with Gasteiger partial charge in [0.05, 0.1) is 48.5 Å². The van der Waals surface area contributed by atoms with Crippen LogP contribution in [-0.4, -0.2) is 15.8 Å². The second kappa shape index (κ2) is 23.6. The zero-order valence-electron chi connectivity index (χ0n) is 72.4. The molecule has 0 bridgehead atoms. The van der Waals surface area contributed by atoms with Crippen LogP contribution in [0.4, 0.5) is 28.4 Å². The topological polar surface area (TPSA) is 25.1 Å². The second-order valence-electron chi connectivity index (χ2n) is 32.4. The Labute approximate surface area is 650 Å². The Bertz CT molecular complexity index is 7430. The first-order valence-corrected chi connectivity index (χ1v) is 38.1. The Kier molecular flexibility index (Phi) is 11.7. The summed E-state index contributed by atoms with van der Waals surface area (Å²) in [6, 6.07) is 82.0. The predicted octanol–water partition coefficient (Wildman–Crippen LogP) is 26.6. The number of nitrogens with one attached hydrogen (secondary N) is 1. The lowest BCUT2D eigenvalue weighted by atomic mass is 9.36. The molecule has 0 spiro atoms. The standard InChI is InChI=1S/C102H79BN4S/c1-100(2,3)68-54-77(61-29-14-10-15-30-61)93(78(55-68)62-31-16-11-17-32-62)94-81(102(7,8)9)60-88-95-96(94)104-83-58-70(106-86-44-27-24-41-74(86)92-76-50-47-66-38-28-37-65-45-46-67(53-87(92)106)91(76)90(65)66)49-52-82(83)103(95)99-98(75-51-48-71(59-89(75)108-99)105-84-42-25-22-39-72(84)73-40-23-26-43-85(73)105)107(88)97-79(63-33-18-12-19-34-63)56-69(101(4,5)6)57-80(97)64-35-20-13-21-36-64/h10-60,104H,1-9H3/i22D,23D,25D,26D,39D,40D,42D,43D,49D,52D,58D. The maximum absolute atomic E-state index is 11.6. The Morgan fingerprint density at radius 3 is 1.50 bits per heavy atom. The van der Waals surface area contributed by atoms with Crippen molar-refractivity contribution < 1.29 is 15.1 Å². The second-order valence-corrected chi connectivity index (χ2v) is 33.4. The van der Waals surface area contributed by atoms with Crippen LogP contribution in [0.2, 0.25) is 0 Å². The SMILES string of the molecule is [2H]c1c([2H])c(-n2c3ccccc3c3c4ccc5cccc6ccc(cc32)c4c65)c([2H])c2c1B1c3sc4cc(-n5c6c([2H])c([2H])c([2H])c([2H])c6c6c([2H])c([2H])c([2H])c([2H])c65)ccc4c3N(c3c(-c4ccccc4)cc(C(C)(C)C)cc3-c3ccccc3)c3cc(C(C)(C)C)c(-c4c(-c5ccccc5)cc(C(C)(C)C)cc4-c4ccccc4)c(c31)N2. The van der Waals surface area contributed by atoms with Gasteiger partial charge >= 0.3 is 0 Å². The van der Waals surface area contributed by atoms with Crippen LogP contribution in [0.3, 0.4) is 0 Å². The van der Waals surface area contributed by atoms with E-state index in [0.29, 0.717) is 21.5 Å². The van der Waals surface area contributed by atoms with Gasteiger partial charge in [0, 0.05) is 81.5 Å². The molecular formula is C102H79BN4S. The van der Waals surface area contributed by atoms with Crippen LogP contribution in [-0.2, 0) is 16.2 Å². The maximum atomic E-state index is 11.6. The van der Waals surface area contributed by atoms with E-state index in [1.54, 1.807) is 4.57 Å². The number of benzene rings is 16. The van der Waals surface area contributed by atoms with Crippen molar-refractivity contribution in [2.24, 2.45) is 0 Å². The normalized spacial score (nSPS) is 14.5. The highest BCUT2D eigenvalue weighted by molar-refractivity contribution is 7.33. The van der Waals surface area contributed by atoms with E-state index in [1.165, 1.54) is 16.7 Å². The zero-order valence-corrected chi connectivity index (χ0v) is 62.2. The van der Waals surface area contributed by atoms with Gasteiger partial charge in [0.15, 0.2) is 0 Å². The molecule has 0 unspecified atom stereocenters. The summed E-state index contributed by atoms with van der Waals surface area (Å²) in [4.78, 5) is 2.47. The van der Waals surface area contributed by atoms with Crippen molar-refractivity contribution in [3.8, 4) is 67.0 Å². The summed E-state index contributed by atoms with van der Waals surface area (Å²) in [7, 11) is 0. The highest BCUT2D eigenvalue weighted by atomic mass is 32.1. The summed E-state index contributed by atoms with van der Waals surface area (Å²) in [6.07, 6.45) is 0. The minimum Gasteiger partial charge on any atom is -0.356 e. The molecule has 4 nitrogen and oxygen atoms in total. The van der Waals surface area contributed by atoms with Crippen molar-refractivity contribution in [1.29, 1.82) is 0 Å². The van der Waals surface area contributed by atoms with E-state index in [2.05, 4.69) is 283 Å². The predicted molar refractivity (Wildman–Crippen MR) is 467 cm³/mol. The first kappa shape index (κ1) is 53.5. The van der Waals surface area contributed by atoms with Crippen LogP contribution in [0.5, 0.6) is 0 Å². The molecule has 19 aromatic rings. The van der Waals surface area contributed by atoms with Gasteiger partial charge in [-0.05, 0) is 200 Å². The molecule has 0 atom stereocenters. The molecule has 16 aromatic carbocycles. The number of para-hydroxylation sites is 3. The lowest BCUT2D eigenvalue weighted by Gasteiger charge is -2.43. The number of nitrogens with zero attached hydrogens (tertiary/aromatic N) is 3. The van der Waals surface area contributed by atoms with Crippen molar-refractivity contribution in [3.63, 3.8) is 0 Å². The van der Waals surface area contributed by atoms with Crippen LogP contribution < -0.4 is 25.9 Å². The Morgan fingerprint density at radius 1 is 0.380 bits per heavy atom. The van der Waals surface area contributed by atoms with Gasteiger partial charge < -0.3 is 19.4 Å².